The molecule has 1 aliphatic heterocycles. The second-order valence-corrected chi connectivity index (χ2v) is 6.29. The molecule has 0 atom stereocenters. The Balaban J connectivity index is 1.42. The topological polar surface area (TPSA) is 89.0 Å². The predicted molar refractivity (Wildman–Crippen MR) is 100 cm³/mol. The highest BCUT2D eigenvalue weighted by Crippen LogP contribution is 2.31. The minimum absolute atomic E-state index is 0.0365. The molecule has 7 nitrogen and oxygen atoms in total. The fraction of sp³-hybridized carbons (Fsp3) is 0.167. The van der Waals surface area contributed by atoms with E-state index in [4.69, 9.17) is 9.47 Å². The number of ether oxygens (including phenoxy) is 2. The number of halogens is 1. The van der Waals surface area contributed by atoms with E-state index in [0.29, 0.717) is 17.2 Å². The van der Waals surface area contributed by atoms with E-state index in [9.17, 15) is 9.59 Å². The number of benzene rings is 2. The highest BCUT2D eigenvalue weighted by molar-refractivity contribution is 9.10. The summed E-state index contributed by atoms with van der Waals surface area (Å²) >= 11 is 3.35. The van der Waals surface area contributed by atoms with Crippen LogP contribution in [0.5, 0.6) is 11.5 Å². The lowest BCUT2D eigenvalue weighted by Gasteiger charge is -2.06. The third kappa shape index (κ3) is 4.82. The molecule has 0 aromatic heterocycles. The van der Waals surface area contributed by atoms with Crippen LogP contribution in [0.4, 0.5) is 5.69 Å². The molecule has 1 aliphatic rings. The molecule has 8 heteroatoms. The van der Waals surface area contributed by atoms with Gasteiger partial charge in [-0.2, -0.15) is 5.10 Å². The second-order valence-electron chi connectivity index (χ2n) is 5.43. The summed E-state index contributed by atoms with van der Waals surface area (Å²) in [6.07, 6.45) is 1.60. The van der Waals surface area contributed by atoms with Crippen molar-refractivity contribution < 1.29 is 19.1 Å². The van der Waals surface area contributed by atoms with Crippen molar-refractivity contribution in [1.82, 2.24) is 5.43 Å². The Kier molecular flexibility index (Phi) is 5.85. The summed E-state index contributed by atoms with van der Waals surface area (Å²) in [5, 5.41) is 6.62. The van der Waals surface area contributed by atoms with Gasteiger partial charge in [-0.15, -0.1) is 0 Å². The van der Waals surface area contributed by atoms with Gasteiger partial charge in [-0.1, -0.05) is 12.1 Å². The lowest BCUT2D eigenvalue weighted by atomic mass is 10.2. The summed E-state index contributed by atoms with van der Waals surface area (Å²) in [5.74, 6) is 0.738. The van der Waals surface area contributed by atoms with Crippen LogP contribution in [-0.4, -0.2) is 24.8 Å². The number of nitrogens with zero attached hydrogens (tertiary/aromatic N) is 1. The summed E-state index contributed by atoms with van der Waals surface area (Å²) in [7, 11) is 0. The number of amides is 2. The Labute approximate surface area is 158 Å². The molecule has 0 unspecified atom stereocenters. The maximum absolute atomic E-state index is 11.9. The first-order valence-corrected chi connectivity index (χ1v) is 8.67. The third-order valence-corrected chi connectivity index (χ3v) is 4.22. The van der Waals surface area contributed by atoms with Gasteiger partial charge >= 0.3 is 0 Å². The number of para-hydroxylation sites is 1. The number of carbonyl (C=O) groups is 2. The molecule has 2 aromatic carbocycles. The van der Waals surface area contributed by atoms with E-state index in [1.54, 1.807) is 24.3 Å². The monoisotopic (exact) mass is 417 g/mol. The van der Waals surface area contributed by atoms with E-state index >= 15 is 0 Å². The Bertz CT molecular complexity index is 854. The molecule has 134 valence electrons. The van der Waals surface area contributed by atoms with E-state index in [2.05, 4.69) is 31.8 Å². The first-order valence-electron chi connectivity index (χ1n) is 7.88. The predicted octanol–water partition coefficient (Wildman–Crippen LogP) is 3.05. The minimum atomic E-state index is -0.343. The summed E-state index contributed by atoms with van der Waals surface area (Å²) in [6.45, 7) is 0.203. The number of hydrazone groups is 1. The van der Waals surface area contributed by atoms with Crippen molar-refractivity contribution in [3.05, 3.63) is 52.5 Å². The summed E-state index contributed by atoms with van der Waals surface area (Å²) in [4.78, 5) is 23.7. The van der Waals surface area contributed by atoms with Crippen LogP contribution in [0, 0.1) is 0 Å². The van der Waals surface area contributed by atoms with E-state index in [1.807, 2.05) is 18.2 Å². The van der Waals surface area contributed by atoms with E-state index < -0.39 is 0 Å². The molecule has 3 rings (SSSR count). The van der Waals surface area contributed by atoms with Gasteiger partial charge in [-0.3, -0.25) is 9.59 Å². The fourth-order valence-corrected chi connectivity index (χ4v) is 2.61. The largest absolute Gasteiger partial charge is 0.454 e. The molecule has 2 aromatic rings. The average molecular weight is 418 g/mol. The summed E-state index contributed by atoms with van der Waals surface area (Å²) in [6, 6.07) is 12.6. The van der Waals surface area contributed by atoms with Crippen LogP contribution in [-0.2, 0) is 9.59 Å². The maximum Gasteiger partial charge on any atom is 0.240 e. The molecule has 1 heterocycles. The first kappa shape index (κ1) is 17.9. The number of nitrogens with one attached hydrogen (secondary N) is 2. The number of hydrogen-bond donors (Lipinski definition) is 2. The molecule has 0 bridgehead atoms. The number of hydrogen-bond acceptors (Lipinski definition) is 5. The highest BCUT2D eigenvalue weighted by atomic mass is 79.9. The van der Waals surface area contributed by atoms with Crippen LogP contribution in [0.1, 0.15) is 18.4 Å². The van der Waals surface area contributed by atoms with Gasteiger partial charge in [-0.25, -0.2) is 5.43 Å². The van der Waals surface area contributed by atoms with Crippen molar-refractivity contribution in [3.63, 3.8) is 0 Å². The van der Waals surface area contributed by atoms with Crippen LogP contribution in [0.2, 0.25) is 0 Å². The Morgan fingerprint density at radius 1 is 1.08 bits per heavy atom. The SMILES string of the molecule is O=C(CCC(=O)Nc1ccccc1Br)NN=Cc1ccc2c(c1)OCO2. The number of anilines is 1. The van der Waals surface area contributed by atoms with Crippen molar-refractivity contribution in [2.75, 3.05) is 12.1 Å². The van der Waals surface area contributed by atoms with Crippen molar-refractivity contribution in [2.45, 2.75) is 12.8 Å². The molecule has 2 N–H and O–H groups in total. The van der Waals surface area contributed by atoms with Gasteiger partial charge in [0.2, 0.25) is 18.6 Å². The average Bonchev–Trinajstić information content (AvgIpc) is 3.10. The molecule has 0 fully saturated rings. The van der Waals surface area contributed by atoms with E-state index in [-0.39, 0.29) is 31.4 Å². The second kappa shape index (κ2) is 8.48. The number of rotatable bonds is 6. The molecular formula is C18H16BrN3O4. The third-order valence-electron chi connectivity index (χ3n) is 3.53. The zero-order valence-electron chi connectivity index (χ0n) is 13.7. The van der Waals surface area contributed by atoms with Gasteiger partial charge < -0.3 is 14.8 Å². The van der Waals surface area contributed by atoms with Gasteiger partial charge in [0.15, 0.2) is 11.5 Å². The summed E-state index contributed by atoms with van der Waals surface area (Å²) in [5.41, 5.74) is 3.83. The van der Waals surface area contributed by atoms with Crippen LogP contribution in [0.3, 0.4) is 0 Å². The van der Waals surface area contributed by atoms with Crippen molar-refractivity contribution >= 4 is 39.6 Å². The zero-order valence-corrected chi connectivity index (χ0v) is 15.3. The number of fused-ring (bicyclic) bond motifs is 1. The quantitative estimate of drug-likeness (QED) is 0.558. The van der Waals surface area contributed by atoms with Crippen LogP contribution in [0.25, 0.3) is 0 Å². The molecule has 2 amide bonds. The Morgan fingerprint density at radius 2 is 1.85 bits per heavy atom. The van der Waals surface area contributed by atoms with Crippen molar-refractivity contribution in [3.8, 4) is 11.5 Å². The maximum atomic E-state index is 11.9. The van der Waals surface area contributed by atoms with E-state index in [0.717, 1.165) is 10.0 Å². The minimum Gasteiger partial charge on any atom is -0.454 e. The molecule has 0 aliphatic carbocycles. The molecule has 0 radical (unpaired) electrons. The van der Waals surface area contributed by atoms with Gasteiger partial charge in [0.1, 0.15) is 0 Å². The summed E-state index contributed by atoms with van der Waals surface area (Å²) < 4.78 is 11.3. The highest BCUT2D eigenvalue weighted by Gasteiger charge is 2.12. The van der Waals surface area contributed by atoms with Gasteiger partial charge in [0, 0.05) is 17.3 Å². The molecule has 0 saturated heterocycles. The molecular weight excluding hydrogens is 402 g/mol. The smallest absolute Gasteiger partial charge is 0.240 e. The number of carbonyl (C=O) groups excluding carboxylic acids is 2. The van der Waals surface area contributed by atoms with Gasteiger partial charge in [-0.05, 0) is 51.8 Å². The van der Waals surface area contributed by atoms with Crippen molar-refractivity contribution in [1.29, 1.82) is 0 Å². The van der Waals surface area contributed by atoms with Crippen LogP contribution in [0.15, 0.2) is 52.0 Å². The van der Waals surface area contributed by atoms with E-state index in [1.165, 1.54) is 6.21 Å². The molecule has 0 spiro atoms. The molecule has 26 heavy (non-hydrogen) atoms. The fourth-order valence-electron chi connectivity index (χ4n) is 2.23. The van der Waals surface area contributed by atoms with Gasteiger partial charge in [0.05, 0.1) is 11.9 Å². The zero-order chi connectivity index (χ0) is 18.4. The normalized spacial score (nSPS) is 12.2. The molecule has 0 saturated carbocycles. The lowest BCUT2D eigenvalue weighted by Crippen LogP contribution is -2.20. The first-order chi connectivity index (χ1) is 12.6. The van der Waals surface area contributed by atoms with Crippen LogP contribution >= 0.6 is 15.9 Å². The van der Waals surface area contributed by atoms with Gasteiger partial charge in [0.25, 0.3) is 0 Å². The Morgan fingerprint density at radius 3 is 2.69 bits per heavy atom. The van der Waals surface area contributed by atoms with Crippen molar-refractivity contribution in [2.24, 2.45) is 5.10 Å². The van der Waals surface area contributed by atoms with Crippen LogP contribution < -0.4 is 20.2 Å². The standard InChI is InChI=1S/C18H16BrN3O4/c19-13-3-1-2-4-14(13)21-17(23)7-8-18(24)22-20-10-12-5-6-15-16(9-12)26-11-25-15/h1-6,9-10H,7-8,11H2,(H,21,23)(H,22,24). The lowest BCUT2D eigenvalue weighted by molar-refractivity contribution is -0.124. The Hall–Kier alpha value is -2.87.